The summed E-state index contributed by atoms with van der Waals surface area (Å²) in [6.07, 6.45) is 1.82. The van der Waals surface area contributed by atoms with E-state index in [1.807, 2.05) is 6.07 Å². The van der Waals surface area contributed by atoms with Crippen molar-refractivity contribution in [1.82, 2.24) is 0 Å². The highest BCUT2D eigenvalue weighted by molar-refractivity contribution is 7.91. The summed E-state index contributed by atoms with van der Waals surface area (Å²) in [7, 11) is -3.51. The summed E-state index contributed by atoms with van der Waals surface area (Å²) in [6, 6.07) is 13.6. The SMILES string of the molecule is NCCC1CCOc2cc(S(=O)(=O)c3ccccc3)ccc21. The molecule has 0 aromatic heterocycles. The van der Waals surface area contributed by atoms with Crippen LogP contribution in [0.4, 0.5) is 0 Å². The van der Waals surface area contributed by atoms with Gasteiger partial charge in [-0.25, -0.2) is 8.42 Å². The summed E-state index contributed by atoms with van der Waals surface area (Å²) in [5, 5.41) is 0. The fourth-order valence-corrected chi connectivity index (χ4v) is 4.14. The highest BCUT2D eigenvalue weighted by atomic mass is 32.2. The van der Waals surface area contributed by atoms with Gasteiger partial charge in [0.25, 0.3) is 0 Å². The van der Waals surface area contributed by atoms with Crippen molar-refractivity contribution in [3.05, 3.63) is 54.1 Å². The summed E-state index contributed by atoms with van der Waals surface area (Å²) in [6.45, 7) is 1.22. The Morgan fingerprint density at radius 3 is 2.59 bits per heavy atom. The lowest BCUT2D eigenvalue weighted by Crippen LogP contribution is -2.17. The van der Waals surface area contributed by atoms with Gasteiger partial charge in [-0.1, -0.05) is 24.3 Å². The van der Waals surface area contributed by atoms with Crippen molar-refractivity contribution in [3.8, 4) is 5.75 Å². The number of benzene rings is 2. The Morgan fingerprint density at radius 2 is 1.86 bits per heavy atom. The summed E-state index contributed by atoms with van der Waals surface area (Å²) >= 11 is 0. The molecule has 0 aliphatic carbocycles. The number of hydrogen-bond donors (Lipinski definition) is 1. The minimum atomic E-state index is -3.51. The van der Waals surface area contributed by atoms with Gasteiger partial charge in [-0.15, -0.1) is 0 Å². The van der Waals surface area contributed by atoms with Gasteiger partial charge in [-0.05, 0) is 55.1 Å². The average molecular weight is 317 g/mol. The quantitative estimate of drug-likeness (QED) is 0.941. The Labute approximate surface area is 130 Å². The van der Waals surface area contributed by atoms with Crippen LogP contribution in [0.25, 0.3) is 0 Å². The summed E-state index contributed by atoms with van der Waals surface area (Å²) in [5.41, 5.74) is 6.71. The topological polar surface area (TPSA) is 69.4 Å². The summed E-state index contributed by atoms with van der Waals surface area (Å²) in [4.78, 5) is 0.565. The van der Waals surface area contributed by atoms with Crippen LogP contribution < -0.4 is 10.5 Å². The van der Waals surface area contributed by atoms with Crippen LogP contribution in [-0.2, 0) is 9.84 Å². The molecule has 1 aliphatic heterocycles. The molecule has 1 unspecified atom stereocenters. The van der Waals surface area contributed by atoms with Crippen LogP contribution in [0.5, 0.6) is 5.75 Å². The average Bonchev–Trinajstić information content (AvgIpc) is 2.56. The Kier molecular flexibility index (Phi) is 4.18. The second-order valence-electron chi connectivity index (χ2n) is 5.43. The number of fused-ring (bicyclic) bond motifs is 1. The first kappa shape index (κ1) is 15.1. The molecular weight excluding hydrogens is 298 g/mol. The molecule has 1 aliphatic rings. The smallest absolute Gasteiger partial charge is 0.206 e. The number of rotatable bonds is 4. The van der Waals surface area contributed by atoms with E-state index in [4.69, 9.17) is 10.5 Å². The zero-order chi connectivity index (χ0) is 15.6. The molecule has 0 spiro atoms. The monoisotopic (exact) mass is 317 g/mol. The van der Waals surface area contributed by atoms with Gasteiger partial charge >= 0.3 is 0 Å². The zero-order valence-corrected chi connectivity index (χ0v) is 13.1. The van der Waals surface area contributed by atoms with Gasteiger partial charge in [-0.2, -0.15) is 0 Å². The predicted octanol–water partition coefficient (Wildman–Crippen LogP) is 2.73. The van der Waals surface area contributed by atoms with E-state index >= 15 is 0 Å². The molecule has 116 valence electrons. The minimum absolute atomic E-state index is 0.269. The number of ether oxygens (including phenoxy) is 1. The largest absolute Gasteiger partial charge is 0.493 e. The van der Waals surface area contributed by atoms with Gasteiger partial charge < -0.3 is 10.5 Å². The highest BCUT2D eigenvalue weighted by Crippen LogP contribution is 2.37. The molecule has 0 bridgehead atoms. The van der Waals surface area contributed by atoms with Crippen molar-refractivity contribution in [2.75, 3.05) is 13.2 Å². The fourth-order valence-electron chi connectivity index (χ4n) is 2.85. The third-order valence-corrected chi connectivity index (χ3v) is 5.79. The summed E-state index contributed by atoms with van der Waals surface area (Å²) < 4.78 is 31.0. The molecule has 0 amide bonds. The third-order valence-electron chi connectivity index (χ3n) is 4.03. The maximum Gasteiger partial charge on any atom is 0.206 e. The summed E-state index contributed by atoms with van der Waals surface area (Å²) in [5.74, 6) is 1.02. The van der Waals surface area contributed by atoms with Crippen molar-refractivity contribution < 1.29 is 13.2 Å². The Morgan fingerprint density at radius 1 is 1.09 bits per heavy atom. The molecule has 0 fully saturated rings. The molecule has 3 rings (SSSR count). The van der Waals surface area contributed by atoms with E-state index in [0.717, 1.165) is 18.4 Å². The van der Waals surface area contributed by atoms with E-state index in [-0.39, 0.29) is 4.90 Å². The lowest BCUT2D eigenvalue weighted by molar-refractivity contribution is 0.263. The van der Waals surface area contributed by atoms with Crippen molar-refractivity contribution in [2.45, 2.75) is 28.6 Å². The van der Waals surface area contributed by atoms with Crippen molar-refractivity contribution in [1.29, 1.82) is 0 Å². The van der Waals surface area contributed by atoms with E-state index in [0.29, 0.717) is 29.7 Å². The first-order valence-electron chi connectivity index (χ1n) is 7.40. The van der Waals surface area contributed by atoms with Crippen LogP contribution in [0.3, 0.4) is 0 Å². The van der Waals surface area contributed by atoms with Crippen LogP contribution in [0.2, 0.25) is 0 Å². The second-order valence-corrected chi connectivity index (χ2v) is 7.38. The van der Waals surface area contributed by atoms with Crippen molar-refractivity contribution in [3.63, 3.8) is 0 Å². The molecule has 0 saturated heterocycles. The van der Waals surface area contributed by atoms with Gasteiger partial charge in [0.15, 0.2) is 0 Å². The molecule has 5 heteroatoms. The molecule has 2 N–H and O–H groups in total. The molecule has 2 aromatic carbocycles. The van der Waals surface area contributed by atoms with E-state index in [2.05, 4.69) is 0 Å². The van der Waals surface area contributed by atoms with E-state index in [9.17, 15) is 8.42 Å². The molecular formula is C17H19NO3S. The maximum atomic E-state index is 12.7. The number of sulfone groups is 1. The van der Waals surface area contributed by atoms with Crippen LogP contribution in [0.1, 0.15) is 24.3 Å². The lowest BCUT2D eigenvalue weighted by atomic mass is 9.90. The molecule has 1 atom stereocenters. The van der Waals surface area contributed by atoms with Gasteiger partial charge in [-0.3, -0.25) is 0 Å². The normalized spacial score (nSPS) is 17.6. The van der Waals surface area contributed by atoms with Gasteiger partial charge in [0.1, 0.15) is 5.75 Å². The predicted molar refractivity (Wildman–Crippen MR) is 84.9 cm³/mol. The van der Waals surface area contributed by atoms with E-state index in [1.54, 1.807) is 42.5 Å². The lowest BCUT2D eigenvalue weighted by Gasteiger charge is -2.26. The van der Waals surface area contributed by atoms with Gasteiger partial charge in [0, 0.05) is 0 Å². The fraction of sp³-hybridized carbons (Fsp3) is 0.294. The molecule has 0 radical (unpaired) electrons. The Bertz CT molecular complexity index is 757. The first-order valence-corrected chi connectivity index (χ1v) is 8.88. The Hall–Kier alpha value is -1.85. The number of hydrogen-bond acceptors (Lipinski definition) is 4. The third kappa shape index (κ3) is 2.74. The van der Waals surface area contributed by atoms with Crippen LogP contribution in [0, 0.1) is 0 Å². The van der Waals surface area contributed by atoms with E-state index < -0.39 is 9.84 Å². The molecule has 2 aromatic rings. The maximum absolute atomic E-state index is 12.7. The van der Waals surface area contributed by atoms with Crippen LogP contribution in [0.15, 0.2) is 58.3 Å². The minimum Gasteiger partial charge on any atom is -0.493 e. The molecule has 1 heterocycles. The molecule has 0 saturated carbocycles. The van der Waals surface area contributed by atoms with Crippen molar-refractivity contribution >= 4 is 9.84 Å². The van der Waals surface area contributed by atoms with Gasteiger partial charge in [0.2, 0.25) is 9.84 Å². The van der Waals surface area contributed by atoms with Crippen LogP contribution >= 0.6 is 0 Å². The molecule has 4 nitrogen and oxygen atoms in total. The molecule has 22 heavy (non-hydrogen) atoms. The standard InChI is InChI=1S/C17H19NO3S/c18-10-8-13-9-11-21-17-12-15(6-7-16(13)17)22(19,20)14-4-2-1-3-5-14/h1-7,12-13H,8-11,18H2. The van der Waals surface area contributed by atoms with Crippen LogP contribution in [-0.4, -0.2) is 21.6 Å². The zero-order valence-electron chi connectivity index (χ0n) is 12.2. The van der Waals surface area contributed by atoms with Gasteiger partial charge in [0.05, 0.1) is 16.4 Å². The van der Waals surface area contributed by atoms with Crippen molar-refractivity contribution in [2.24, 2.45) is 5.73 Å². The second kappa shape index (κ2) is 6.10. The Balaban J connectivity index is 2.01. The highest BCUT2D eigenvalue weighted by Gasteiger charge is 2.24. The first-order chi connectivity index (χ1) is 10.6. The van der Waals surface area contributed by atoms with E-state index in [1.165, 1.54) is 0 Å². The number of nitrogens with two attached hydrogens (primary N) is 1.